The fourth-order valence-corrected chi connectivity index (χ4v) is 3.52. The third kappa shape index (κ3) is 0.720. The molecule has 13 heavy (non-hydrogen) atoms. The largest absolute Gasteiger partial charge is 0.395 e. The summed E-state index contributed by atoms with van der Waals surface area (Å²) >= 11 is 0. The van der Waals surface area contributed by atoms with Gasteiger partial charge >= 0.3 is 0 Å². The third-order valence-corrected chi connectivity index (χ3v) is 4.13. The van der Waals surface area contributed by atoms with Gasteiger partial charge in [0, 0.05) is 11.3 Å². The lowest BCUT2D eigenvalue weighted by atomic mass is 9.71. The maximum atomic E-state index is 9.79. The molecule has 0 heterocycles. The van der Waals surface area contributed by atoms with Crippen molar-refractivity contribution in [3.63, 3.8) is 0 Å². The van der Waals surface area contributed by atoms with Gasteiger partial charge in [-0.25, -0.2) is 0 Å². The molecule has 3 rings (SSSR count). The van der Waals surface area contributed by atoms with Crippen molar-refractivity contribution >= 4 is 0 Å². The number of rotatable bonds is 1. The molecule has 0 aromatic heterocycles. The van der Waals surface area contributed by atoms with Gasteiger partial charge in [0.2, 0.25) is 0 Å². The normalized spacial score (nSPS) is 56.2. The molecule has 0 amide bonds. The Kier molecular flexibility index (Phi) is 1.35. The van der Waals surface area contributed by atoms with Gasteiger partial charge in [0.15, 0.2) is 0 Å². The van der Waals surface area contributed by atoms with Crippen molar-refractivity contribution in [3.05, 3.63) is 24.3 Å². The average molecular weight is 178 g/mol. The quantitative estimate of drug-likeness (QED) is 0.581. The van der Waals surface area contributed by atoms with Gasteiger partial charge < -0.3 is 10.2 Å². The Morgan fingerprint density at radius 1 is 1.31 bits per heavy atom. The van der Waals surface area contributed by atoms with Crippen LogP contribution in [0.15, 0.2) is 24.3 Å². The van der Waals surface area contributed by atoms with Crippen LogP contribution in [0, 0.1) is 23.2 Å². The summed E-state index contributed by atoms with van der Waals surface area (Å²) in [4.78, 5) is 0. The van der Waals surface area contributed by atoms with Crippen LogP contribution in [0.25, 0.3) is 0 Å². The molecule has 70 valence electrons. The summed E-state index contributed by atoms with van der Waals surface area (Å²) in [6, 6.07) is 0. The standard InChI is InChI=1S/C11H14O2/c12-6-11-4-3-9(13)10(11)7-1-2-8(11)5-7/h1-4,7-10,12-13H,5-6H2/t7-,8+,9?,10?,11-/m1/s1. The predicted molar refractivity (Wildman–Crippen MR) is 48.9 cm³/mol. The third-order valence-electron chi connectivity index (χ3n) is 4.13. The van der Waals surface area contributed by atoms with Crippen molar-refractivity contribution in [3.8, 4) is 0 Å². The van der Waals surface area contributed by atoms with E-state index in [1.807, 2.05) is 12.2 Å². The summed E-state index contributed by atoms with van der Waals surface area (Å²) in [5.74, 6) is 1.19. The van der Waals surface area contributed by atoms with Crippen LogP contribution in [0.1, 0.15) is 6.42 Å². The van der Waals surface area contributed by atoms with Gasteiger partial charge in [-0.3, -0.25) is 0 Å². The molecular weight excluding hydrogens is 164 g/mol. The van der Waals surface area contributed by atoms with Crippen LogP contribution in [0.2, 0.25) is 0 Å². The molecule has 5 atom stereocenters. The van der Waals surface area contributed by atoms with Crippen molar-refractivity contribution < 1.29 is 10.2 Å². The second-order valence-corrected chi connectivity index (χ2v) is 4.54. The minimum atomic E-state index is -0.341. The Bertz CT molecular complexity index is 294. The van der Waals surface area contributed by atoms with E-state index in [4.69, 9.17) is 0 Å². The lowest BCUT2D eigenvalue weighted by molar-refractivity contribution is 0.0430. The van der Waals surface area contributed by atoms with Gasteiger partial charge in [0.25, 0.3) is 0 Å². The number of fused-ring (bicyclic) bond motifs is 5. The van der Waals surface area contributed by atoms with Gasteiger partial charge in [0.05, 0.1) is 12.7 Å². The van der Waals surface area contributed by atoms with Gasteiger partial charge in [-0.05, 0) is 18.3 Å². The van der Waals surface area contributed by atoms with Crippen LogP contribution < -0.4 is 0 Å². The Morgan fingerprint density at radius 2 is 2.15 bits per heavy atom. The Morgan fingerprint density at radius 3 is 2.85 bits per heavy atom. The van der Waals surface area contributed by atoms with Gasteiger partial charge in [-0.2, -0.15) is 0 Å². The highest BCUT2D eigenvalue weighted by Gasteiger charge is 2.58. The van der Waals surface area contributed by atoms with Gasteiger partial charge in [-0.15, -0.1) is 0 Å². The highest BCUT2D eigenvalue weighted by atomic mass is 16.3. The minimum Gasteiger partial charge on any atom is -0.395 e. The van der Waals surface area contributed by atoms with Crippen LogP contribution in [0.4, 0.5) is 0 Å². The number of aliphatic hydroxyl groups excluding tert-OH is 2. The number of hydrogen-bond acceptors (Lipinski definition) is 2. The van der Waals surface area contributed by atoms with E-state index in [-0.39, 0.29) is 24.0 Å². The van der Waals surface area contributed by atoms with Crippen molar-refractivity contribution in [2.75, 3.05) is 6.61 Å². The average Bonchev–Trinajstić information content (AvgIpc) is 2.77. The molecule has 2 nitrogen and oxygen atoms in total. The molecule has 2 heteroatoms. The first-order valence-electron chi connectivity index (χ1n) is 4.94. The van der Waals surface area contributed by atoms with Crippen LogP contribution in [0.5, 0.6) is 0 Å². The first-order chi connectivity index (χ1) is 6.28. The first-order valence-corrected chi connectivity index (χ1v) is 4.94. The van der Waals surface area contributed by atoms with Crippen LogP contribution in [-0.4, -0.2) is 22.9 Å². The van der Waals surface area contributed by atoms with Crippen molar-refractivity contribution in [2.45, 2.75) is 12.5 Å². The summed E-state index contributed by atoms with van der Waals surface area (Å²) < 4.78 is 0. The molecular formula is C11H14O2. The molecule has 2 N–H and O–H groups in total. The van der Waals surface area contributed by atoms with E-state index >= 15 is 0 Å². The van der Waals surface area contributed by atoms with Crippen LogP contribution in [0.3, 0.4) is 0 Å². The fourth-order valence-electron chi connectivity index (χ4n) is 3.52. The zero-order chi connectivity index (χ0) is 9.05. The van der Waals surface area contributed by atoms with E-state index in [2.05, 4.69) is 12.2 Å². The van der Waals surface area contributed by atoms with Gasteiger partial charge in [-0.1, -0.05) is 24.3 Å². The van der Waals surface area contributed by atoms with E-state index in [1.165, 1.54) is 0 Å². The summed E-state index contributed by atoms with van der Waals surface area (Å²) in [6.07, 6.45) is 9.09. The molecule has 3 aliphatic rings. The van der Waals surface area contributed by atoms with E-state index in [1.54, 1.807) is 0 Å². The van der Waals surface area contributed by atoms with Gasteiger partial charge in [0.1, 0.15) is 0 Å². The highest BCUT2D eigenvalue weighted by molar-refractivity contribution is 5.31. The second-order valence-electron chi connectivity index (χ2n) is 4.54. The highest BCUT2D eigenvalue weighted by Crippen LogP contribution is 2.60. The van der Waals surface area contributed by atoms with E-state index in [0.717, 1.165) is 6.42 Å². The fraction of sp³-hybridized carbons (Fsp3) is 0.636. The zero-order valence-electron chi connectivity index (χ0n) is 7.43. The smallest absolute Gasteiger partial charge is 0.0764 e. The lowest BCUT2D eigenvalue weighted by Gasteiger charge is -2.35. The molecule has 1 fully saturated rings. The van der Waals surface area contributed by atoms with Crippen molar-refractivity contribution in [2.24, 2.45) is 23.2 Å². The SMILES string of the molecule is OC[C@@]12C=CC(O)C1[C@@H]1C=C[C@H]2C1. The van der Waals surface area contributed by atoms with Crippen molar-refractivity contribution in [1.29, 1.82) is 0 Å². The predicted octanol–water partition coefficient (Wildman–Crippen LogP) is 0.718. The topological polar surface area (TPSA) is 40.5 Å². The summed E-state index contributed by atoms with van der Waals surface area (Å²) in [7, 11) is 0. The van der Waals surface area contributed by atoms with E-state index < -0.39 is 0 Å². The second kappa shape index (κ2) is 2.25. The Labute approximate surface area is 77.6 Å². The molecule has 0 radical (unpaired) electrons. The molecule has 0 saturated heterocycles. The van der Waals surface area contributed by atoms with E-state index in [9.17, 15) is 10.2 Å². The summed E-state index contributed by atoms with van der Waals surface area (Å²) in [6.45, 7) is 0.177. The first kappa shape index (κ1) is 7.77. The van der Waals surface area contributed by atoms with Crippen LogP contribution >= 0.6 is 0 Å². The number of allylic oxidation sites excluding steroid dienone is 2. The summed E-state index contributed by atoms with van der Waals surface area (Å²) in [5, 5.41) is 19.3. The Hall–Kier alpha value is -0.600. The molecule has 2 unspecified atom stereocenters. The maximum absolute atomic E-state index is 9.79. The Balaban J connectivity index is 2.08. The molecule has 2 bridgehead atoms. The molecule has 0 aliphatic heterocycles. The molecule has 0 aromatic rings. The molecule has 0 aromatic carbocycles. The molecule has 0 spiro atoms. The number of hydrogen-bond donors (Lipinski definition) is 2. The van der Waals surface area contributed by atoms with Crippen LogP contribution in [-0.2, 0) is 0 Å². The monoisotopic (exact) mass is 178 g/mol. The number of aliphatic hydroxyl groups is 2. The minimum absolute atomic E-state index is 0.126. The molecule has 1 saturated carbocycles. The lowest BCUT2D eigenvalue weighted by Crippen LogP contribution is -2.37. The summed E-state index contributed by atoms with van der Waals surface area (Å²) in [5.41, 5.74) is -0.126. The maximum Gasteiger partial charge on any atom is 0.0764 e. The molecule has 3 aliphatic carbocycles. The van der Waals surface area contributed by atoms with Crippen molar-refractivity contribution in [1.82, 2.24) is 0 Å². The van der Waals surface area contributed by atoms with E-state index in [0.29, 0.717) is 11.8 Å². The zero-order valence-corrected chi connectivity index (χ0v) is 7.43.